The van der Waals surface area contributed by atoms with Gasteiger partial charge in [0, 0.05) is 6.54 Å². The van der Waals surface area contributed by atoms with Crippen molar-refractivity contribution in [1.82, 2.24) is 5.32 Å². The van der Waals surface area contributed by atoms with Crippen molar-refractivity contribution in [3.8, 4) is 11.5 Å². The molecular formula is C23H31NO3. The number of ether oxygens (including phenoxy) is 2. The Kier molecular flexibility index (Phi) is 7.71. The van der Waals surface area contributed by atoms with Crippen molar-refractivity contribution in [3.63, 3.8) is 0 Å². The van der Waals surface area contributed by atoms with E-state index in [0.29, 0.717) is 12.5 Å². The maximum atomic E-state index is 12.4. The Morgan fingerprint density at radius 3 is 2.59 bits per heavy atom. The van der Waals surface area contributed by atoms with Crippen molar-refractivity contribution < 1.29 is 14.3 Å². The van der Waals surface area contributed by atoms with Gasteiger partial charge in [0.1, 0.15) is 11.5 Å². The van der Waals surface area contributed by atoms with Crippen molar-refractivity contribution in [1.29, 1.82) is 0 Å². The van der Waals surface area contributed by atoms with Crippen LogP contribution in [-0.4, -0.2) is 25.7 Å². The number of nitrogens with one attached hydrogen (secondary N) is 1. The lowest BCUT2D eigenvalue weighted by Gasteiger charge is -2.19. The molecule has 0 unspecified atom stereocenters. The first-order valence-electron chi connectivity index (χ1n) is 9.58. The predicted molar refractivity (Wildman–Crippen MR) is 110 cm³/mol. The molecule has 0 heterocycles. The second-order valence-electron chi connectivity index (χ2n) is 7.20. The van der Waals surface area contributed by atoms with Crippen molar-refractivity contribution >= 4 is 5.91 Å². The first-order chi connectivity index (χ1) is 12.9. The highest BCUT2D eigenvalue weighted by Crippen LogP contribution is 2.28. The first kappa shape index (κ1) is 20.8. The second kappa shape index (κ2) is 10.0. The third kappa shape index (κ3) is 6.31. The van der Waals surface area contributed by atoms with Gasteiger partial charge in [0.25, 0.3) is 5.91 Å². The van der Waals surface area contributed by atoms with Crippen LogP contribution in [0.5, 0.6) is 11.5 Å². The highest BCUT2D eigenvalue weighted by atomic mass is 16.5. The van der Waals surface area contributed by atoms with E-state index >= 15 is 0 Å². The zero-order valence-corrected chi connectivity index (χ0v) is 17.0. The minimum atomic E-state index is -0.527. The van der Waals surface area contributed by atoms with Crippen LogP contribution in [0.25, 0.3) is 0 Å². The Morgan fingerprint density at radius 2 is 1.89 bits per heavy atom. The lowest BCUT2D eigenvalue weighted by Crippen LogP contribution is -2.37. The summed E-state index contributed by atoms with van der Waals surface area (Å²) in [5, 5.41) is 2.97. The van der Waals surface area contributed by atoms with Gasteiger partial charge in [-0.1, -0.05) is 38.1 Å². The molecule has 0 radical (unpaired) electrons. The van der Waals surface area contributed by atoms with Crippen LogP contribution in [0.4, 0.5) is 0 Å². The molecule has 1 amide bonds. The van der Waals surface area contributed by atoms with E-state index < -0.39 is 6.10 Å². The average Bonchev–Trinajstić information content (AvgIpc) is 2.65. The molecule has 1 atom stereocenters. The van der Waals surface area contributed by atoms with Crippen molar-refractivity contribution in [3.05, 3.63) is 59.2 Å². The van der Waals surface area contributed by atoms with Gasteiger partial charge < -0.3 is 14.8 Å². The third-order valence-electron chi connectivity index (χ3n) is 4.54. The molecule has 0 saturated carbocycles. The SMILES string of the molecule is COc1cccc(CCCNC(=O)[C@@H](C)Oc2cc(C)ccc2C(C)C)c1. The molecule has 27 heavy (non-hydrogen) atoms. The van der Waals surface area contributed by atoms with Gasteiger partial charge in [0.05, 0.1) is 7.11 Å². The van der Waals surface area contributed by atoms with Crippen molar-refractivity contribution in [2.24, 2.45) is 0 Å². The minimum Gasteiger partial charge on any atom is -0.497 e. The maximum absolute atomic E-state index is 12.4. The van der Waals surface area contributed by atoms with Gasteiger partial charge in [-0.15, -0.1) is 0 Å². The highest BCUT2D eigenvalue weighted by molar-refractivity contribution is 5.80. The van der Waals surface area contributed by atoms with Gasteiger partial charge in [-0.25, -0.2) is 0 Å². The highest BCUT2D eigenvalue weighted by Gasteiger charge is 2.17. The lowest BCUT2D eigenvalue weighted by molar-refractivity contribution is -0.127. The Hall–Kier alpha value is -2.49. The van der Waals surface area contributed by atoms with Crippen LogP contribution in [0.3, 0.4) is 0 Å². The molecule has 0 saturated heterocycles. The molecular weight excluding hydrogens is 338 g/mol. The average molecular weight is 370 g/mol. The standard InChI is InChI=1S/C23H31NO3/c1-16(2)21-12-11-17(3)14-22(21)27-18(4)23(25)24-13-7-9-19-8-6-10-20(15-19)26-5/h6,8,10-12,14-16,18H,7,9,13H2,1-5H3,(H,24,25)/t18-/m1/s1. The molecule has 4 heteroatoms. The van der Waals surface area contributed by atoms with Gasteiger partial charge in [0.2, 0.25) is 0 Å². The first-order valence-corrected chi connectivity index (χ1v) is 9.58. The Morgan fingerprint density at radius 1 is 1.11 bits per heavy atom. The van der Waals surface area contributed by atoms with Gasteiger partial charge in [0.15, 0.2) is 6.10 Å². The lowest BCUT2D eigenvalue weighted by atomic mass is 10.0. The number of methoxy groups -OCH3 is 1. The number of aryl methyl sites for hydroxylation is 2. The summed E-state index contributed by atoms with van der Waals surface area (Å²) >= 11 is 0. The monoisotopic (exact) mass is 369 g/mol. The van der Waals surface area contributed by atoms with Crippen LogP contribution in [0.1, 0.15) is 49.8 Å². The molecule has 1 N–H and O–H groups in total. The van der Waals surface area contributed by atoms with E-state index in [4.69, 9.17) is 9.47 Å². The summed E-state index contributed by atoms with van der Waals surface area (Å²) in [6.07, 6.45) is 1.23. The Bertz CT molecular complexity index is 755. The van der Waals surface area contributed by atoms with E-state index in [-0.39, 0.29) is 5.91 Å². The van der Waals surface area contributed by atoms with Gasteiger partial charge in [-0.2, -0.15) is 0 Å². The van der Waals surface area contributed by atoms with Crippen molar-refractivity contribution in [2.75, 3.05) is 13.7 Å². The van der Waals surface area contributed by atoms with Gasteiger partial charge >= 0.3 is 0 Å². The summed E-state index contributed by atoms with van der Waals surface area (Å²) in [7, 11) is 1.67. The topological polar surface area (TPSA) is 47.6 Å². The number of benzene rings is 2. The van der Waals surface area contributed by atoms with Crippen LogP contribution in [0.2, 0.25) is 0 Å². The van der Waals surface area contributed by atoms with E-state index in [1.54, 1.807) is 14.0 Å². The summed E-state index contributed by atoms with van der Waals surface area (Å²) in [6.45, 7) is 8.69. The molecule has 146 valence electrons. The molecule has 2 rings (SSSR count). The number of carbonyl (C=O) groups excluding carboxylic acids is 1. The van der Waals surface area contributed by atoms with E-state index in [9.17, 15) is 4.79 Å². The van der Waals surface area contributed by atoms with Crippen LogP contribution >= 0.6 is 0 Å². The Balaban J connectivity index is 1.83. The molecule has 0 aliphatic carbocycles. The number of hydrogen-bond acceptors (Lipinski definition) is 3. The smallest absolute Gasteiger partial charge is 0.260 e. The fourth-order valence-electron chi connectivity index (χ4n) is 2.94. The number of amides is 1. The molecule has 0 aromatic heterocycles. The number of carbonyl (C=O) groups is 1. The van der Waals surface area contributed by atoms with E-state index in [2.05, 4.69) is 37.4 Å². The predicted octanol–water partition coefficient (Wildman–Crippen LogP) is 4.64. The van der Waals surface area contributed by atoms with E-state index in [1.165, 1.54) is 5.56 Å². The van der Waals surface area contributed by atoms with Gasteiger partial charge in [-0.3, -0.25) is 4.79 Å². The second-order valence-corrected chi connectivity index (χ2v) is 7.20. The van der Waals surface area contributed by atoms with Crippen LogP contribution in [0, 0.1) is 6.92 Å². The quantitative estimate of drug-likeness (QED) is 0.655. The summed E-state index contributed by atoms with van der Waals surface area (Å²) in [5.41, 5.74) is 3.45. The normalized spacial score (nSPS) is 11.9. The molecule has 0 aliphatic rings. The van der Waals surface area contributed by atoms with Crippen LogP contribution < -0.4 is 14.8 Å². The van der Waals surface area contributed by atoms with Crippen LogP contribution in [0.15, 0.2) is 42.5 Å². The largest absolute Gasteiger partial charge is 0.497 e. The zero-order valence-electron chi connectivity index (χ0n) is 17.0. The fraction of sp³-hybridized carbons (Fsp3) is 0.435. The third-order valence-corrected chi connectivity index (χ3v) is 4.54. The summed E-state index contributed by atoms with van der Waals surface area (Å²) in [5.74, 6) is 1.91. The summed E-state index contributed by atoms with van der Waals surface area (Å²) < 4.78 is 11.2. The van der Waals surface area contributed by atoms with Crippen LogP contribution in [-0.2, 0) is 11.2 Å². The molecule has 0 aliphatic heterocycles. The number of rotatable bonds is 9. The zero-order chi connectivity index (χ0) is 19.8. The fourth-order valence-corrected chi connectivity index (χ4v) is 2.94. The number of hydrogen-bond donors (Lipinski definition) is 1. The minimum absolute atomic E-state index is 0.0862. The summed E-state index contributed by atoms with van der Waals surface area (Å²) in [6, 6.07) is 14.2. The molecule has 0 fully saturated rings. The van der Waals surface area contributed by atoms with Gasteiger partial charge in [-0.05, 0) is 67.5 Å². The maximum Gasteiger partial charge on any atom is 0.260 e. The molecule has 2 aromatic rings. The van der Waals surface area contributed by atoms with E-state index in [1.807, 2.05) is 31.2 Å². The molecule has 0 spiro atoms. The van der Waals surface area contributed by atoms with E-state index in [0.717, 1.165) is 35.5 Å². The molecule has 4 nitrogen and oxygen atoms in total. The molecule has 2 aromatic carbocycles. The summed E-state index contributed by atoms with van der Waals surface area (Å²) in [4.78, 5) is 12.4. The molecule has 0 bridgehead atoms. The van der Waals surface area contributed by atoms with Crippen molar-refractivity contribution in [2.45, 2.75) is 52.6 Å². The Labute approximate surface area is 162 Å².